The predicted molar refractivity (Wildman–Crippen MR) is 122 cm³/mol. The van der Waals surface area contributed by atoms with Crippen molar-refractivity contribution in [2.75, 3.05) is 0 Å². The molecule has 6 heteroatoms. The van der Waals surface area contributed by atoms with E-state index < -0.39 is 62.3 Å². The van der Waals surface area contributed by atoms with Gasteiger partial charge in [0.25, 0.3) is 5.56 Å². The monoisotopic (exact) mass is 434 g/mol. The van der Waals surface area contributed by atoms with Crippen LogP contribution in [0.2, 0.25) is 0 Å². The molecule has 1 amide bonds. The fraction of sp³-hybridized carbons (Fsp3) is 0.458. The maximum absolute atomic E-state index is 13.8. The van der Waals surface area contributed by atoms with Gasteiger partial charge in [0, 0.05) is 31.0 Å². The van der Waals surface area contributed by atoms with Crippen molar-refractivity contribution in [3.63, 3.8) is 0 Å². The first-order valence-corrected chi connectivity index (χ1v) is 10.3. The summed E-state index contributed by atoms with van der Waals surface area (Å²) in [6, 6.07) is 4.98. The van der Waals surface area contributed by atoms with E-state index in [9.17, 15) is 11.0 Å². The molecule has 1 aliphatic rings. The summed E-state index contributed by atoms with van der Waals surface area (Å²) in [4.78, 5) is 35.0. The molecule has 1 aliphatic carbocycles. The summed E-state index contributed by atoms with van der Waals surface area (Å²) in [5.74, 6) is -1.28. The molecule has 0 aliphatic heterocycles. The Bertz CT molecular complexity index is 1520. The van der Waals surface area contributed by atoms with Gasteiger partial charge in [-0.15, -0.1) is 11.3 Å². The van der Waals surface area contributed by atoms with Crippen LogP contribution < -0.4 is 5.56 Å². The van der Waals surface area contributed by atoms with Crippen LogP contribution in [0.5, 0.6) is 0 Å². The zero-order chi connectivity index (χ0) is 31.0. The van der Waals surface area contributed by atoms with Crippen molar-refractivity contribution in [3.8, 4) is 0 Å². The number of carbonyl (C=O) groups excluding carboxylic acids is 1. The van der Waals surface area contributed by atoms with Gasteiger partial charge in [0.1, 0.15) is 10.7 Å². The normalized spacial score (nSPS) is 29.7. The van der Waals surface area contributed by atoms with E-state index in [-0.39, 0.29) is 17.1 Å². The molecule has 0 spiro atoms. The number of rotatable bonds is 6. The van der Waals surface area contributed by atoms with Crippen LogP contribution >= 0.6 is 11.3 Å². The van der Waals surface area contributed by atoms with Gasteiger partial charge in [-0.25, -0.2) is 4.98 Å². The van der Waals surface area contributed by atoms with Crippen molar-refractivity contribution in [2.24, 2.45) is 0 Å². The third kappa shape index (κ3) is 4.48. The van der Waals surface area contributed by atoms with Gasteiger partial charge in [0.05, 0.1) is 13.3 Å². The maximum atomic E-state index is 13.8. The molecule has 158 valence electrons. The lowest BCUT2D eigenvalue weighted by atomic mass is 9.93. The summed E-state index contributed by atoms with van der Waals surface area (Å²) in [5, 5.41) is 0.294. The molecule has 2 aromatic heterocycles. The van der Waals surface area contributed by atoms with Crippen LogP contribution in [0.3, 0.4) is 0 Å². The number of amides is 1. The second kappa shape index (κ2) is 9.13. The molecule has 1 saturated carbocycles. The minimum absolute atomic E-state index is 0.0746. The van der Waals surface area contributed by atoms with Crippen molar-refractivity contribution < 1.29 is 19.9 Å². The highest BCUT2D eigenvalue weighted by Crippen LogP contribution is 2.27. The fourth-order valence-corrected chi connectivity index (χ4v) is 4.27. The topological polar surface area (TPSA) is 66.1 Å². The largest absolute Gasteiger partial charge is 0.332 e. The summed E-state index contributed by atoms with van der Waals surface area (Å²) < 4.78 is 93.2. The van der Waals surface area contributed by atoms with Crippen molar-refractivity contribution in [3.05, 3.63) is 62.5 Å². The summed E-state index contributed by atoms with van der Waals surface area (Å²) in [7, 11) is 0. The third-order valence-electron chi connectivity index (χ3n) is 4.92. The Morgan fingerprint density at radius 2 is 2.00 bits per heavy atom. The SMILES string of the molecule is [2H]C1([2H])C([2H])([2H])C([2H])([2H])C([2H])(N(Cc2nc3sc(C)c(C)c3c(=O)[nH]2)C(=O)CCc2ccccc2)C([2H])([2H])C1([2H])[2H]. The van der Waals surface area contributed by atoms with Crippen molar-refractivity contribution in [1.82, 2.24) is 14.9 Å². The standard InChI is InChI=1S/C24H29N3O2S/c1-16-17(2)30-24-22(16)23(29)25-20(26-24)15-27(19-11-7-4-8-12-19)21(28)14-13-18-9-5-3-6-10-18/h3,5-6,9-10,19H,4,7-8,11-15H2,1-2H3,(H,25,26,29)/i4D2,7D2,8D2,11D2,12D2,19D. The van der Waals surface area contributed by atoms with E-state index in [1.165, 1.54) is 11.3 Å². The van der Waals surface area contributed by atoms with E-state index >= 15 is 0 Å². The van der Waals surface area contributed by atoms with Gasteiger partial charge in [-0.2, -0.15) is 0 Å². The van der Waals surface area contributed by atoms with Crippen LogP contribution in [-0.4, -0.2) is 26.8 Å². The van der Waals surface area contributed by atoms with Crippen molar-refractivity contribution in [1.29, 1.82) is 0 Å². The molecule has 0 atom stereocenters. The fourth-order valence-electron chi connectivity index (χ4n) is 3.23. The van der Waals surface area contributed by atoms with Gasteiger partial charge in [0.15, 0.2) is 0 Å². The summed E-state index contributed by atoms with van der Waals surface area (Å²) in [6.07, 6.45) is -19.2. The lowest BCUT2D eigenvalue weighted by Gasteiger charge is -2.34. The molecule has 0 saturated heterocycles. The number of aromatic nitrogens is 2. The van der Waals surface area contributed by atoms with Gasteiger partial charge in [-0.1, -0.05) is 49.5 Å². The predicted octanol–water partition coefficient (Wildman–Crippen LogP) is 4.90. The molecule has 30 heavy (non-hydrogen) atoms. The number of hydrogen-bond donors (Lipinski definition) is 1. The van der Waals surface area contributed by atoms with E-state index in [0.717, 1.165) is 4.88 Å². The molecule has 0 bridgehead atoms. The number of aromatic amines is 1. The van der Waals surface area contributed by atoms with Gasteiger partial charge in [-0.3, -0.25) is 9.59 Å². The summed E-state index contributed by atoms with van der Waals surface area (Å²) >= 11 is 1.18. The quantitative estimate of drug-likeness (QED) is 0.600. The molecule has 5 nitrogen and oxygen atoms in total. The Morgan fingerprint density at radius 1 is 1.27 bits per heavy atom. The zero-order valence-electron chi connectivity index (χ0n) is 27.6. The minimum Gasteiger partial charge on any atom is -0.332 e. The molecule has 4 rings (SSSR count). The molecular weight excluding hydrogens is 394 g/mol. The van der Waals surface area contributed by atoms with E-state index in [1.54, 1.807) is 44.2 Å². The minimum atomic E-state index is -3.79. The van der Waals surface area contributed by atoms with Gasteiger partial charge < -0.3 is 9.88 Å². The number of fused-ring (bicyclic) bond motifs is 1. The molecule has 0 radical (unpaired) electrons. The van der Waals surface area contributed by atoms with Crippen molar-refractivity contribution in [2.45, 2.75) is 71.1 Å². The Balaban J connectivity index is 1.92. The molecule has 1 N–H and O–H groups in total. The van der Waals surface area contributed by atoms with E-state index in [4.69, 9.17) is 13.7 Å². The Hall–Kier alpha value is -2.47. The molecule has 3 aromatic rings. The van der Waals surface area contributed by atoms with E-state index in [1.807, 2.05) is 0 Å². The molecule has 1 fully saturated rings. The highest BCUT2D eigenvalue weighted by atomic mass is 32.1. The van der Waals surface area contributed by atoms with Gasteiger partial charge in [-0.05, 0) is 44.1 Å². The number of aryl methyl sites for hydroxylation is 3. The third-order valence-corrected chi connectivity index (χ3v) is 6.03. The second-order valence-electron chi connectivity index (χ2n) is 6.92. The maximum Gasteiger partial charge on any atom is 0.259 e. The van der Waals surface area contributed by atoms with E-state index in [2.05, 4.69) is 9.97 Å². The van der Waals surface area contributed by atoms with Gasteiger partial charge >= 0.3 is 0 Å². The summed E-state index contributed by atoms with van der Waals surface area (Å²) in [5.41, 5.74) is 0.787. The van der Waals surface area contributed by atoms with Crippen molar-refractivity contribution >= 4 is 27.5 Å². The molecule has 2 heterocycles. The zero-order valence-corrected chi connectivity index (χ0v) is 17.4. The second-order valence-corrected chi connectivity index (χ2v) is 8.12. The first-order chi connectivity index (χ1) is 18.7. The number of H-pyrrole nitrogens is 1. The van der Waals surface area contributed by atoms with Gasteiger partial charge in [0.2, 0.25) is 5.91 Å². The van der Waals surface area contributed by atoms with Crippen LogP contribution in [0.4, 0.5) is 0 Å². The van der Waals surface area contributed by atoms with Crippen LogP contribution in [0.15, 0.2) is 35.1 Å². The van der Waals surface area contributed by atoms with Crippen LogP contribution in [0.1, 0.15) is 75.2 Å². The Labute approximate surface area is 196 Å². The smallest absolute Gasteiger partial charge is 0.259 e. The Morgan fingerprint density at radius 3 is 2.73 bits per heavy atom. The number of hydrogen-bond acceptors (Lipinski definition) is 4. The number of nitrogens with one attached hydrogen (secondary N) is 1. The number of carbonyl (C=O) groups is 1. The highest BCUT2D eigenvalue weighted by Gasteiger charge is 2.26. The average Bonchev–Trinajstić information content (AvgIpc) is 3.17. The van der Waals surface area contributed by atoms with Crippen LogP contribution in [0, 0.1) is 13.8 Å². The number of benzene rings is 1. The first-order valence-electron chi connectivity index (χ1n) is 15.0. The van der Waals surface area contributed by atoms with Crippen LogP contribution in [-0.2, 0) is 17.8 Å². The molecule has 1 aromatic carbocycles. The van der Waals surface area contributed by atoms with E-state index in [0.29, 0.717) is 21.4 Å². The lowest BCUT2D eigenvalue weighted by molar-refractivity contribution is -0.135. The average molecular weight is 435 g/mol. The lowest BCUT2D eigenvalue weighted by Crippen LogP contribution is -2.41. The molecular formula is C24H29N3O2S. The number of nitrogens with zero attached hydrogens (tertiary/aromatic N) is 2. The number of thiophene rings is 1. The molecule has 0 unspecified atom stereocenters. The first kappa shape index (κ1) is 11.2. The van der Waals surface area contributed by atoms with Crippen LogP contribution in [0.25, 0.3) is 10.2 Å². The Kier molecular flexibility index (Phi) is 3.42. The highest BCUT2D eigenvalue weighted by molar-refractivity contribution is 7.18. The summed E-state index contributed by atoms with van der Waals surface area (Å²) in [6.45, 7) is 2.64.